The summed E-state index contributed by atoms with van der Waals surface area (Å²) in [5, 5.41) is 5.56. The number of hydrogen-bond acceptors (Lipinski definition) is 5. The molecule has 1 aliphatic rings. The summed E-state index contributed by atoms with van der Waals surface area (Å²) in [5.41, 5.74) is 1.09. The van der Waals surface area contributed by atoms with Crippen LogP contribution in [0.15, 0.2) is 47.1 Å². The molecular weight excluding hydrogens is 360 g/mol. The van der Waals surface area contributed by atoms with Gasteiger partial charge in [-0.15, -0.1) is 0 Å². The number of benzene rings is 1. The van der Waals surface area contributed by atoms with Gasteiger partial charge in [0.25, 0.3) is 11.8 Å². The minimum atomic E-state index is -0.170. The van der Waals surface area contributed by atoms with E-state index in [0.717, 1.165) is 0 Å². The quantitative estimate of drug-likeness (QED) is 0.786. The summed E-state index contributed by atoms with van der Waals surface area (Å²) >= 11 is 0. The molecule has 1 saturated heterocycles. The molecule has 8 heteroatoms. The molecule has 1 aromatic heterocycles. The summed E-state index contributed by atoms with van der Waals surface area (Å²) in [6.45, 7) is 4.93. The number of furan rings is 1. The Morgan fingerprint density at radius 2 is 1.86 bits per heavy atom. The minimum Gasteiger partial charge on any atom is -0.459 e. The van der Waals surface area contributed by atoms with Crippen LogP contribution in [-0.2, 0) is 4.79 Å². The Balaban J connectivity index is 1.48. The van der Waals surface area contributed by atoms with Gasteiger partial charge in [0.05, 0.1) is 12.8 Å². The predicted molar refractivity (Wildman–Crippen MR) is 104 cm³/mol. The van der Waals surface area contributed by atoms with Crippen molar-refractivity contribution in [3.05, 3.63) is 54.0 Å². The first-order valence-corrected chi connectivity index (χ1v) is 9.30. The molecule has 2 N–H and O–H groups in total. The van der Waals surface area contributed by atoms with Crippen LogP contribution in [0, 0.1) is 0 Å². The summed E-state index contributed by atoms with van der Waals surface area (Å²) < 4.78 is 5.15. The smallest absolute Gasteiger partial charge is 0.289 e. The van der Waals surface area contributed by atoms with Crippen LogP contribution in [0.5, 0.6) is 0 Å². The average molecular weight is 384 g/mol. The van der Waals surface area contributed by atoms with Gasteiger partial charge in [-0.05, 0) is 37.3 Å². The highest BCUT2D eigenvalue weighted by atomic mass is 16.3. The summed E-state index contributed by atoms with van der Waals surface area (Å²) in [7, 11) is 0. The first kappa shape index (κ1) is 19.6. The number of nitrogens with one attached hydrogen (secondary N) is 2. The highest BCUT2D eigenvalue weighted by Gasteiger charge is 2.24. The maximum Gasteiger partial charge on any atom is 0.289 e. The molecule has 0 spiro atoms. The van der Waals surface area contributed by atoms with Crippen molar-refractivity contribution in [1.82, 2.24) is 15.1 Å². The Morgan fingerprint density at radius 3 is 2.54 bits per heavy atom. The Hall–Kier alpha value is -3.13. The van der Waals surface area contributed by atoms with Crippen LogP contribution in [0.3, 0.4) is 0 Å². The molecular formula is C20H24N4O4. The monoisotopic (exact) mass is 384 g/mol. The van der Waals surface area contributed by atoms with E-state index in [1.807, 2.05) is 11.8 Å². The highest BCUT2D eigenvalue weighted by Crippen LogP contribution is 2.12. The second kappa shape index (κ2) is 9.18. The molecule has 8 nitrogen and oxygen atoms in total. The van der Waals surface area contributed by atoms with E-state index >= 15 is 0 Å². The third-order valence-electron chi connectivity index (χ3n) is 4.50. The van der Waals surface area contributed by atoms with Crippen LogP contribution < -0.4 is 10.6 Å². The number of amides is 3. The SMILES string of the molecule is CCNC(=O)c1cccc(NC(=O)CN2CCN(C(=O)c3ccco3)CC2)c1. The first-order chi connectivity index (χ1) is 13.6. The third-order valence-corrected chi connectivity index (χ3v) is 4.50. The van der Waals surface area contributed by atoms with E-state index in [9.17, 15) is 14.4 Å². The van der Waals surface area contributed by atoms with Crippen molar-refractivity contribution in [2.75, 3.05) is 44.6 Å². The van der Waals surface area contributed by atoms with E-state index in [1.54, 1.807) is 41.3 Å². The molecule has 0 aliphatic carbocycles. The lowest BCUT2D eigenvalue weighted by atomic mass is 10.2. The van der Waals surface area contributed by atoms with Gasteiger partial charge in [-0.25, -0.2) is 0 Å². The largest absolute Gasteiger partial charge is 0.459 e. The molecule has 0 bridgehead atoms. The number of rotatable bonds is 6. The highest BCUT2D eigenvalue weighted by molar-refractivity contribution is 5.97. The van der Waals surface area contributed by atoms with Crippen molar-refractivity contribution >= 4 is 23.4 Å². The van der Waals surface area contributed by atoms with Gasteiger partial charge in [-0.2, -0.15) is 0 Å². The molecule has 0 unspecified atom stereocenters. The zero-order valence-corrected chi connectivity index (χ0v) is 15.8. The lowest BCUT2D eigenvalue weighted by molar-refractivity contribution is -0.117. The maximum absolute atomic E-state index is 12.3. The van der Waals surface area contributed by atoms with E-state index in [-0.39, 0.29) is 24.3 Å². The van der Waals surface area contributed by atoms with Crippen LogP contribution in [0.2, 0.25) is 0 Å². The van der Waals surface area contributed by atoms with Gasteiger partial charge in [-0.3, -0.25) is 19.3 Å². The maximum atomic E-state index is 12.3. The molecule has 3 rings (SSSR count). The molecule has 0 atom stereocenters. The summed E-state index contributed by atoms with van der Waals surface area (Å²) in [6, 6.07) is 10.2. The van der Waals surface area contributed by atoms with E-state index in [0.29, 0.717) is 49.7 Å². The molecule has 148 valence electrons. The standard InChI is InChI=1S/C20H24N4O4/c1-2-21-19(26)15-5-3-6-16(13-15)22-18(25)14-23-8-10-24(11-9-23)20(27)17-7-4-12-28-17/h3-7,12-13H,2,8-11,14H2,1H3,(H,21,26)(H,22,25). The Kier molecular flexibility index (Phi) is 6.44. The van der Waals surface area contributed by atoms with Gasteiger partial charge < -0.3 is 20.0 Å². The first-order valence-electron chi connectivity index (χ1n) is 9.30. The molecule has 2 aromatic rings. The van der Waals surface area contributed by atoms with Gasteiger partial charge in [-0.1, -0.05) is 6.07 Å². The van der Waals surface area contributed by atoms with Crippen LogP contribution in [0.1, 0.15) is 27.8 Å². The normalized spacial score (nSPS) is 14.5. The fourth-order valence-electron chi connectivity index (χ4n) is 3.07. The van der Waals surface area contributed by atoms with E-state index in [2.05, 4.69) is 10.6 Å². The second-order valence-electron chi connectivity index (χ2n) is 6.53. The fraction of sp³-hybridized carbons (Fsp3) is 0.350. The van der Waals surface area contributed by atoms with E-state index in [4.69, 9.17) is 4.42 Å². The number of nitrogens with zero attached hydrogens (tertiary/aromatic N) is 2. The predicted octanol–water partition coefficient (Wildman–Crippen LogP) is 1.43. The zero-order chi connectivity index (χ0) is 19.9. The van der Waals surface area contributed by atoms with Crippen LogP contribution in [0.4, 0.5) is 5.69 Å². The number of anilines is 1. The third kappa shape index (κ3) is 4.98. The van der Waals surface area contributed by atoms with Crippen molar-refractivity contribution < 1.29 is 18.8 Å². The van der Waals surface area contributed by atoms with Gasteiger partial charge in [0, 0.05) is 44.0 Å². The lowest BCUT2D eigenvalue weighted by Crippen LogP contribution is -2.50. The zero-order valence-electron chi connectivity index (χ0n) is 15.8. The Bertz CT molecular complexity index is 826. The second-order valence-corrected chi connectivity index (χ2v) is 6.53. The molecule has 1 aliphatic heterocycles. The van der Waals surface area contributed by atoms with Crippen molar-refractivity contribution in [2.45, 2.75) is 6.92 Å². The number of piperazine rings is 1. The number of hydrogen-bond donors (Lipinski definition) is 2. The molecule has 1 aromatic carbocycles. The minimum absolute atomic E-state index is 0.128. The number of carbonyl (C=O) groups excluding carboxylic acids is 3. The van der Waals surface area contributed by atoms with E-state index in [1.165, 1.54) is 6.26 Å². The summed E-state index contributed by atoms with van der Waals surface area (Å²) in [6.07, 6.45) is 1.48. The van der Waals surface area contributed by atoms with E-state index < -0.39 is 0 Å². The Labute approximate surface area is 163 Å². The van der Waals surface area contributed by atoms with Crippen molar-refractivity contribution in [3.8, 4) is 0 Å². The van der Waals surface area contributed by atoms with Crippen LogP contribution in [0.25, 0.3) is 0 Å². The van der Waals surface area contributed by atoms with Crippen LogP contribution >= 0.6 is 0 Å². The van der Waals surface area contributed by atoms with Gasteiger partial charge in [0.15, 0.2) is 5.76 Å². The lowest BCUT2D eigenvalue weighted by Gasteiger charge is -2.33. The summed E-state index contributed by atoms with van der Waals surface area (Å²) in [4.78, 5) is 40.2. The fourth-order valence-corrected chi connectivity index (χ4v) is 3.07. The van der Waals surface area contributed by atoms with Crippen LogP contribution in [-0.4, -0.2) is 66.8 Å². The van der Waals surface area contributed by atoms with Gasteiger partial charge in [0.1, 0.15) is 0 Å². The van der Waals surface area contributed by atoms with Crippen molar-refractivity contribution in [2.24, 2.45) is 0 Å². The molecule has 28 heavy (non-hydrogen) atoms. The summed E-state index contributed by atoms with van der Waals surface area (Å²) in [5.74, 6) is -0.121. The van der Waals surface area contributed by atoms with Crippen molar-refractivity contribution in [1.29, 1.82) is 0 Å². The molecule has 1 fully saturated rings. The van der Waals surface area contributed by atoms with Crippen molar-refractivity contribution in [3.63, 3.8) is 0 Å². The molecule has 3 amide bonds. The molecule has 2 heterocycles. The van der Waals surface area contributed by atoms with Gasteiger partial charge >= 0.3 is 0 Å². The molecule has 0 saturated carbocycles. The Morgan fingerprint density at radius 1 is 1.07 bits per heavy atom. The topological polar surface area (TPSA) is 94.9 Å². The molecule has 0 radical (unpaired) electrons. The number of carbonyl (C=O) groups is 3. The average Bonchev–Trinajstić information content (AvgIpc) is 3.23. The van der Waals surface area contributed by atoms with Gasteiger partial charge in [0.2, 0.25) is 5.91 Å².